The number of nitrogen functional groups attached to an aromatic ring is 1. The summed E-state index contributed by atoms with van der Waals surface area (Å²) < 4.78 is 5.79. The maximum absolute atomic E-state index is 11.4. The lowest BCUT2D eigenvalue weighted by molar-refractivity contribution is -0.120. The molecule has 0 unspecified atom stereocenters. The average molecular weight is 404 g/mol. The normalized spacial score (nSPS) is 10.3. The predicted molar refractivity (Wildman–Crippen MR) is 117 cm³/mol. The molecule has 1 amide bonds. The fraction of sp³-hybridized carbons (Fsp3) is 0.182. The van der Waals surface area contributed by atoms with Crippen LogP contribution >= 0.6 is 0 Å². The van der Waals surface area contributed by atoms with Crippen molar-refractivity contribution in [3.63, 3.8) is 0 Å². The maximum Gasteiger partial charge on any atom is 0.219 e. The number of carbonyl (C=O) groups is 1. The van der Waals surface area contributed by atoms with Crippen LogP contribution in [0.3, 0.4) is 0 Å². The van der Waals surface area contributed by atoms with Gasteiger partial charge < -0.3 is 21.1 Å². The Morgan fingerprint density at radius 3 is 2.43 bits per heavy atom. The molecule has 8 heteroatoms. The summed E-state index contributed by atoms with van der Waals surface area (Å²) >= 11 is 0. The van der Waals surface area contributed by atoms with Crippen molar-refractivity contribution in [1.29, 1.82) is 5.41 Å². The fourth-order valence-electron chi connectivity index (χ4n) is 2.75. The Bertz CT molecular complexity index is 1010. The number of hydrogen-bond donors (Lipinski definition) is 4. The average Bonchev–Trinajstić information content (AvgIpc) is 2.77. The minimum absolute atomic E-state index is 0.0234. The van der Waals surface area contributed by atoms with Gasteiger partial charge in [-0.2, -0.15) is 0 Å². The first-order valence-corrected chi connectivity index (χ1v) is 9.61. The molecule has 0 fully saturated rings. The molecule has 3 aromatic rings. The molecule has 154 valence electrons. The van der Waals surface area contributed by atoms with E-state index in [0.717, 1.165) is 5.75 Å². The topological polar surface area (TPSA) is 126 Å². The van der Waals surface area contributed by atoms with Gasteiger partial charge in [0.15, 0.2) is 0 Å². The van der Waals surface area contributed by atoms with Crippen molar-refractivity contribution in [2.45, 2.75) is 13.3 Å². The van der Waals surface area contributed by atoms with Gasteiger partial charge in [-0.1, -0.05) is 25.1 Å². The molecule has 0 aliphatic carbocycles. The van der Waals surface area contributed by atoms with Crippen molar-refractivity contribution in [1.82, 2.24) is 15.3 Å². The molecule has 0 spiro atoms. The molecule has 5 N–H and O–H groups in total. The molecule has 3 rings (SSSR count). The number of rotatable bonds is 9. The Hall–Kier alpha value is -3.94. The molecule has 0 bridgehead atoms. The van der Waals surface area contributed by atoms with Crippen LogP contribution in [0.2, 0.25) is 0 Å². The van der Waals surface area contributed by atoms with Crippen molar-refractivity contribution in [2.24, 2.45) is 0 Å². The third-order valence-electron chi connectivity index (χ3n) is 4.31. The van der Waals surface area contributed by atoms with Crippen molar-refractivity contribution in [2.75, 3.05) is 24.1 Å². The highest BCUT2D eigenvalue weighted by Gasteiger charge is 2.16. The van der Waals surface area contributed by atoms with Crippen LogP contribution in [0, 0.1) is 5.41 Å². The molecule has 0 saturated heterocycles. The van der Waals surface area contributed by atoms with Gasteiger partial charge in [0.1, 0.15) is 29.5 Å². The maximum atomic E-state index is 11.4. The van der Waals surface area contributed by atoms with Gasteiger partial charge in [0.25, 0.3) is 0 Å². The van der Waals surface area contributed by atoms with Crippen LogP contribution in [-0.2, 0) is 4.79 Å². The lowest BCUT2D eigenvalue weighted by atomic mass is 10.0. The summed E-state index contributed by atoms with van der Waals surface area (Å²) in [6, 6.07) is 16.6. The molecule has 0 aliphatic heterocycles. The van der Waals surface area contributed by atoms with Gasteiger partial charge in [0.05, 0.1) is 11.3 Å². The Morgan fingerprint density at radius 2 is 1.73 bits per heavy atom. The number of ether oxygens (including phenoxy) is 1. The van der Waals surface area contributed by atoms with E-state index in [0.29, 0.717) is 42.2 Å². The highest BCUT2D eigenvalue weighted by molar-refractivity contribution is 6.16. The van der Waals surface area contributed by atoms with Crippen molar-refractivity contribution >= 4 is 23.3 Å². The van der Waals surface area contributed by atoms with Crippen LogP contribution in [0.1, 0.15) is 24.5 Å². The van der Waals surface area contributed by atoms with Crippen LogP contribution in [-0.4, -0.2) is 34.7 Å². The number of nitrogens with one attached hydrogen (secondary N) is 3. The summed E-state index contributed by atoms with van der Waals surface area (Å²) in [5.74, 6) is 2.04. The van der Waals surface area contributed by atoms with Crippen molar-refractivity contribution in [3.05, 3.63) is 72.1 Å². The van der Waals surface area contributed by atoms with E-state index in [1.165, 1.54) is 6.33 Å². The van der Waals surface area contributed by atoms with E-state index >= 15 is 0 Å². The molecule has 0 atom stereocenters. The second-order valence-electron chi connectivity index (χ2n) is 6.43. The van der Waals surface area contributed by atoms with E-state index in [2.05, 4.69) is 20.6 Å². The Labute approximate surface area is 175 Å². The molecule has 8 nitrogen and oxygen atoms in total. The van der Waals surface area contributed by atoms with E-state index in [9.17, 15) is 4.79 Å². The highest BCUT2D eigenvalue weighted by Crippen LogP contribution is 2.25. The Morgan fingerprint density at radius 1 is 1.03 bits per heavy atom. The second kappa shape index (κ2) is 10.0. The number of amides is 1. The standard InChI is InChI=1S/C22H24N6O2/c1-2-18(29)25-12-13-26-22-19(21(24)27-14-28-22)20(23)15-8-10-17(11-9-15)30-16-6-4-3-5-7-16/h3-11,14,23H,2,12-13H2,1H3,(H,25,29)(H3,24,26,27,28). The van der Waals surface area contributed by atoms with Crippen LogP contribution in [0.4, 0.5) is 11.6 Å². The molecule has 0 aliphatic rings. The Balaban J connectivity index is 1.72. The van der Waals surface area contributed by atoms with Crippen molar-refractivity contribution in [3.8, 4) is 11.5 Å². The monoisotopic (exact) mass is 404 g/mol. The first-order valence-electron chi connectivity index (χ1n) is 9.61. The predicted octanol–water partition coefficient (Wildman–Crippen LogP) is 3.21. The van der Waals surface area contributed by atoms with E-state index in [-0.39, 0.29) is 17.4 Å². The summed E-state index contributed by atoms with van der Waals surface area (Å²) in [5.41, 5.74) is 7.30. The zero-order valence-corrected chi connectivity index (χ0v) is 16.7. The van der Waals surface area contributed by atoms with Gasteiger partial charge in [-0.15, -0.1) is 0 Å². The van der Waals surface area contributed by atoms with Gasteiger partial charge in [-0.05, 0) is 36.4 Å². The van der Waals surface area contributed by atoms with Gasteiger partial charge >= 0.3 is 0 Å². The minimum atomic E-state index is -0.0234. The Kier molecular flexibility index (Phi) is 6.94. The molecule has 2 aromatic carbocycles. The smallest absolute Gasteiger partial charge is 0.219 e. The first kappa shape index (κ1) is 20.8. The summed E-state index contributed by atoms with van der Waals surface area (Å²) in [7, 11) is 0. The van der Waals surface area contributed by atoms with E-state index in [4.69, 9.17) is 15.9 Å². The third kappa shape index (κ3) is 5.32. The van der Waals surface area contributed by atoms with Crippen LogP contribution < -0.4 is 21.1 Å². The number of nitrogens with zero attached hydrogens (tertiary/aromatic N) is 2. The summed E-state index contributed by atoms with van der Waals surface area (Å²) in [4.78, 5) is 19.6. The van der Waals surface area contributed by atoms with E-state index in [1.54, 1.807) is 31.2 Å². The molecule has 1 aromatic heterocycles. The molecular weight excluding hydrogens is 380 g/mol. The number of hydrogen-bond acceptors (Lipinski definition) is 7. The molecular formula is C22H24N6O2. The minimum Gasteiger partial charge on any atom is -0.457 e. The third-order valence-corrected chi connectivity index (χ3v) is 4.31. The van der Waals surface area contributed by atoms with Crippen LogP contribution in [0.25, 0.3) is 0 Å². The summed E-state index contributed by atoms with van der Waals surface area (Å²) in [5, 5.41) is 14.5. The second-order valence-corrected chi connectivity index (χ2v) is 6.43. The zero-order chi connectivity index (χ0) is 21.3. The zero-order valence-electron chi connectivity index (χ0n) is 16.7. The number of aromatic nitrogens is 2. The number of nitrogens with two attached hydrogens (primary N) is 1. The van der Waals surface area contributed by atoms with Gasteiger partial charge in [0, 0.05) is 25.1 Å². The van der Waals surface area contributed by atoms with Crippen LogP contribution in [0.5, 0.6) is 11.5 Å². The number of anilines is 2. The highest BCUT2D eigenvalue weighted by atomic mass is 16.5. The van der Waals surface area contributed by atoms with Gasteiger partial charge in [-0.3, -0.25) is 10.2 Å². The largest absolute Gasteiger partial charge is 0.457 e. The van der Waals surface area contributed by atoms with Crippen molar-refractivity contribution < 1.29 is 9.53 Å². The quantitative estimate of drug-likeness (QED) is 0.320. The number of carbonyl (C=O) groups excluding carboxylic acids is 1. The molecule has 0 radical (unpaired) electrons. The summed E-state index contributed by atoms with van der Waals surface area (Å²) in [6.07, 6.45) is 1.77. The molecule has 30 heavy (non-hydrogen) atoms. The summed E-state index contributed by atoms with van der Waals surface area (Å²) in [6.45, 7) is 2.69. The molecule has 0 saturated carbocycles. The van der Waals surface area contributed by atoms with E-state index < -0.39 is 0 Å². The lowest BCUT2D eigenvalue weighted by Gasteiger charge is -2.14. The van der Waals surface area contributed by atoms with Gasteiger partial charge in [-0.25, -0.2) is 9.97 Å². The van der Waals surface area contributed by atoms with Gasteiger partial charge in [0.2, 0.25) is 5.91 Å². The first-order chi connectivity index (χ1) is 14.6. The number of para-hydroxylation sites is 1. The van der Waals surface area contributed by atoms with E-state index in [1.807, 2.05) is 30.3 Å². The number of benzene rings is 2. The lowest BCUT2D eigenvalue weighted by Crippen LogP contribution is -2.28. The fourth-order valence-corrected chi connectivity index (χ4v) is 2.75. The molecule has 1 heterocycles. The van der Waals surface area contributed by atoms with Crippen LogP contribution in [0.15, 0.2) is 60.9 Å². The SMILES string of the molecule is CCC(=O)NCCNc1ncnc(N)c1C(=N)c1ccc(Oc2ccccc2)cc1.